The number of ether oxygens (including phenoxy) is 2. The van der Waals surface area contributed by atoms with Crippen molar-refractivity contribution in [1.82, 2.24) is 0 Å². The highest BCUT2D eigenvalue weighted by atomic mass is 32.2. The summed E-state index contributed by atoms with van der Waals surface area (Å²) in [6.07, 6.45) is 36.4. The van der Waals surface area contributed by atoms with Crippen molar-refractivity contribution >= 4 is 22.1 Å². The van der Waals surface area contributed by atoms with Crippen LogP contribution in [-0.4, -0.2) is 38.1 Å². The van der Waals surface area contributed by atoms with Crippen LogP contribution in [0.1, 0.15) is 189 Å². The molecule has 0 bridgehead atoms. The molecule has 0 atom stereocenters. The minimum Gasteiger partial charge on any atom is -0.462 e. The first kappa shape index (κ1) is 43.6. The van der Waals surface area contributed by atoms with Crippen LogP contribution in [0.2, 0.25) is 0 Å². The molecule has 0 saturated carbocycles. The van der Waals surface area contributed by atoms with Gasteiger partial charge in [-0.3, -0.25) is 4.55 Å². The number of esters is 2. The Hall–Kier alpha value is -2.45. The van der Waals surface area contributed by atoms with E-state index in [4.69, 9.17) is 9.47 Å². The summed E-state index contributed by atoms with van der Waals surface area (Å²) in [7, 11) is -4.77. The largest absolute Gasteiger partial charge is 0.462 e. The third-order valence-electron chi connectivity index (χ3n) is 8.51. The van der Waals surface area contributed by atoms with Gasteiger partial charge in [0.2, 0.25) is 0 Å². The molecule has 0 unspecified atom stereocenters. The zero-order valence-corrected chi connectivity index (χ0v) is 31.0. The average molecular weight is 691 g/mol. The summed E-state index contributed by atoms with van der Waals surface area (Å²) in [5.74, 6) is -1.78. The van der Waals surface area contributed by atoms with E-state index in [9.17, 15) is 22.6 Å². The number of unbranched alkanes of at least 4 members (excludes halogenated alkanes) is 20. The van der Waals surface area contributed by atoms with Gasteiger partial charge in [0.1, 0.15) is 4.90 Å². The van der Waals surface area contributed by atoms with E-state index < -0.39 is 32.5 Å². The second kappa shape index (κ2) is 29.5. The summed E-state index contributed by atoms with van der Waals surface area (Å²) in [4.78, 5) is 25.2. The third kappa shape index (κ3) is 22.2. The molecule has 48 heavy (non-hydrogen) atoms. The summed E-state index contributed by atoms with van der Waals surface area (Å²) >= 11 is 0. The molecule has 0 amide bonds. The number of carbonyl (C=O) groups is 2. The predicted molar refractivity (Wildman–Crippen MR) is 197 cm³/mol. The Kier molecular flexibility index (Phi) is 26.7. The Labute approximate surface area is 293 Å². The lowest BCUT2D eigenvalue weighted by Gasteiger charge is -2.12. The third-order valence-corrected chi connectivity index (χ3v) is 9.40. The summed E-state index contributed by atoms with van der Waals surface area (Å²) in [5, 5.41) is 0. The van der Waals surface area contributed by atoms with Crippen LogP contribution in [0.4, 0.5) is 0 Å². The van der Waals surface area contributed by atoms with Crippen molar-refractivity contribution in [3.05, 3.63) is 53.6 Å². The quantitative estimate of drug-likeness (QED) is 0.0357. The molecule has 0 radical (unpaired) electrons. The number of hydrogen-bond donors (Lipinski definition) is 1. The molecule has 7 nitrogen and oxygen atoms in total. The Balaban J connectivity index is 2.36. The smallest absolute Gasteiger partial charge is 0.340 e. The molecule has 0 aliphatic heterocycles. The monoisotopic (exact) mass is 690 g/mol. The molecule has 0 fully saturated rings. The topological polar surface area (TPSA) is 107 Å². The van der Waals surface area contributed by atoms with Gasteiger partial charge in [-0.2, -0.15) is 8.42 Å². The fraction of sp³-hybridized carbons (Fsp3) is 0.700. The van der Waals surface area contributed by atoms with Crippen LogP contribution < -0.4 is 0 Å². The SMILES string of the molecule is CCCCCCCCC/C=C/CCCCCOC(=O)c1cccc(S(=O)(=O)O)c1C(=O)OCCCCC/C=C/CCCCCCCCC. The van der Waals surface area contributed by atoms with Crippen molar-refractivity contribution in [1.29, 1.82) is 0 Å². The zero-order valence-electron chi connectivity index (χ0n) is 30.2. The van der Waals surface area contributed by atoms with Crippen molar-refractivity contribution in [3.8, 4) is 0 Å². The van der Waals surface area contributed by atoms with Gasteiger partial charge in [-0.05, 0) is 89.2 Å². The van der Waals surface area contributed by atoms with Gasteiger partial charge in [0.05, 0.1) is 24.3 Å². The molecule has 1 N–H and O–H groups in total. The molecule has 1 aromatic rings. The summed E-state index contributed by atoms with van der Waals surface area (Å²) in [6.45, 7) is 4.71. The normalized spacial score (nSPS) is 11.9. The van der Waals surface area contributed by atoms with Crippen LogP contribution in [0.15, 0.2) is 47.4 Å². The Morgan fingerprint density at radius 3 is 1.35 bits per heavy atom. The zero-order chi connectivity index (χ0) is 35.1. The Morgan fingerprint density at radius 1 is 0.562 bits per heavy atom. The van der Waals surface area contributed by atoms with Crippen molar-refractivity contribution in [2.45, 2.75) is 173 Å². The minimum atomic E-state index is -4.77. The van der Waals surface area contributed by atoms with E-state index >= 15 is 0 Å². The molecule has 0 aliphatic rings. The van der Waals surface area contributed by atoms with E-state index in [1.807, 2.05) is 0 Å². The first-order valence-electron chi connectivity index (χ1n) is 19.1. The number of rotatable bonds is 31. The van der Waals surface area contributed by atoms with Gasteiger partial charge in [0.15, 0.2) is 0 Å². The van der Waals surface area contributed by atoms with Crippen LogP contribution in [0.25, 0.3) is 0 Å². The second-order valence-corrected chi connectivity index (χ2v) is 14.3. The predicted octanol–water partition coefficient (Wildman–Crippen LogP) is 11.8. The standard InChI is InChI=1S/C40H66O7S/c1-3-5-7-9-11-13-15-17-19-21-23-25-27-29-34-46-39(41)36-32-31-33-37(48(43,44)45)38(36)40(42)47-35-30-28-26-24-22-20-18-16-14-12-10-8-6-4-2/h19-22,31-33H,3-18,23-30,34-35H2,1-2H3,(H,43,44,45)/b21-19+,22-20+. The highest BCUT2D eigenvalue weighted by Gasteiger charge is 2.28. The molecular weight excluding hydrogens is 624 g/mol. The lowest BCUT2D eigenvalue weighted by Crippen LogP contribution is -2.19. The first-order chi connectivity index (χ1) is 23.3. The number of benzene rings is 1. The van der Waals surface area contributed by atoms with Crippen molar-refractivity contribution in [2.24, 2.45) is 0 Å². The second-order valence-electron chi connectivity index (χ2n) is 12.9. The minimum absolute atomic E-state index is 0.0857. The number of carbonyl (C=O) groups excluding carboxylic acids is 2. The van der Waals surface area contributed by atoms with E-state index in [1.54, 1.807) is 0 Å². The number of allylic oxidation sites excluding steroid dienone is 4. The van der Waals surface area contributed by atoms with E-state index in [1.165, 1.54) is 102 Å². The fourth-order valence-electron chi connectivity index (χ4n) is 5.60. The molecule has 0 aromatic heterocycles. The van der Waals surface area contributed by atoms with E-state index in [2.05, 4.69) is 38.2 Å². The van der Waals surface area contributed by atoms with Crippen LogP contribution >= 0.6 is 0 Å². The lowest BCUT2D eigenvalue weighted by molar-refractivity contribution is 0.0447. The van der Waals surface area contributed by atoms with Crippen molar-refractivity contribution in [2.75, 3.05) is 13.2 Å². The molecule has 1 aromatic carbocycles. The molecule has 8 heteroatoms. The summed E-state index contributed by atoms with van der Waals surface area (Å²) in [6, 6.07) is 3.71. The first-order valence-corrected chi connectivity index (χ1v) is 20.5. The van der Waals surface area contributed by atoms with Crippen LogP contribution in [0.5, 0.6) is 0 Å². The molecule has 0 spiro atoms. The highest BCUT2D eigenvalue weighted by Crippen LogP contribution is 2.23. The fourth-order valence-corrected chi connectivity index (χ4v) is 6.30. The van der Waals surface area contributed by atoms with Gasteiger partial charge in [-0.15, -0.1) is 0 Å². The van der Waals surface area contributed by atoms with Gasteiger partial charge >= 0.3 is 11.9 Å². The van der Waals surface area contributed by atoms with Gasteiger partial charge in [-0.25, -0.2) is 9.59 Å². The molecule has 0 aliphatic carbocycles. The summed E-state index contributed by atoms with van der Waals surface area (Å²) < 4.78 is 44.5. The maximum atomic E-state index is 13.0. The lowest BCUT2D eigenvalue weighted by atomic mass is 10.1. The number of hydrogen-bond acceptors (Lipinski definition) is 6. The van der Waals surface area contributed by atoms with Crippen molar-refractivity contribution < 1.29 is 32.0 Å². The molecule has 0 heterocycles. The maximum absolute atomic E-state index is 13.0. The maximum Gasteiger partial charge on any atom is 0.340 e. The van der Waals surface area contributed by atoms with E-state index in [0.29, 0.717) is 12.8 Å². The van der Waals surface area contributed by atoms with Crippen molar-refractivity contribution in [3.63, 3.8) is 0 Å². The van der Waals surface area contributed by atoms with E-state index in [-0.39, 0.29) is 18.8 Å². The Bertz CT molecular complexity index is 1140. The Morgan fingerprint density at radius 2 is 0.938 bits per heavy atom. The van der Waals surface area contributed by atoms with Crippen LogP contribution in [0.3, 0.4) is 0 Å². The van der Waals surface area contributed by atoms with Gasteiger partial charge in [0.25, 0.3) is 10.1 Å². The van der Waals surface area contributed by atoms with E-state index in [0.717, 1.165) is 57.4 Å². The average Bonchev–Trinajstić information content (AvgIpc) is 3.07. The molecule has 274 valence electrons. The van der Waals surface area contributed by atoms with Gasteiger partial charge < -0.3 is 9.47 Å². The molecule has 1 rings (SSSR count). The van der Waals surface area contributed by atoms with Crippen LogP contribution in [0, 0.1) is 0 Å². The van der Waals surface area contributed by atoms with Gasteiger partial charge in [0, 0.05) is 0 Å². The summed E-state index contributed by atoms with van der Waals surface area (Å²) in [5.41, 5.74) is -0.709. The van der Waals surface area contributed by atoms with Gasteiger partial charge in [-0.1, -0.05) is 121 Å². The molecule has 0 saturated heterocycles. The molecular formula is C40H66O7S. The van der Waals surface area contributed by atoms with Crippen LogP contribution in [-0.2, 0) is 19.6 Å². The highest BCUT2D eigenvalue weighted by molar-refractivity contribution is 7.86.